The van der Waals surface area contributed by atoms with Crippen LogP contribution in [0, 0.1) is 5.41 Å². The molecule has 0 amide bonds. The number of fused-ring (bicyclic) bond motifs is 1. The zero-order valence-electron chi connectivity index (χ0n) is 8.22. The van der Waals surface area contributed by atoms with Crippen LogP contribution in [-0.4, -0.2) is 12.3 Å². The van der Waals surface area contributed by atoms with Gasteiger partial charge in [-0.15, -0.1) is 11.3 Å². The minimum Gasteiger partial charge on any atom is -0.390 e. The average molecular weight is 210 g/mol. The summed E-state index contributed by atoms with van der Waals surface area (Å²) in [5, 5.41) is 8.65. The Morgan fingerprint density at radius 2 is 2.43 bits per heavy atom. The Labute approximate surface area is 87.4 Å². The molecular formula is C10H14N2OS. The third kappa shape index (κ3) is 1.44. The second-order valence-corrected chi connectivity index (χ2v) is 4.51. The van der Waals surface area contributed by atoms with E-state index in [4.69, 9.17) is 15.9 Å². The topological polar surface area (TPSA) is 59.1 Å². The number of nitrogen functional groups attached to an aromatic ring is 1. The second-order valence-electron chi connectivity index (χ2n) is 3.38. The van der Waals surface area contributed by atoms with Crippen LogP contribution in [-0.2, 0) is 17.8 Å². The van der Waals surface area contributed by atoms with Crippen molar-refractivity contribution in [1.29, 1.82) is 5.41 Å². The number of thiophene rings is 1. The van der Waals surface area contributed by atoms with Crippen molar-refractivity contribution < 1.29 is 4.74 Å². The monoisotopic (exact) mass is 210 g/mol. The van der Waals surface area contributed by atoms with Crippen molar-refractivity contribution >= 4 is 22.0 Å². The summed E-state index contributed by atoms with van der Waals surface area (Å²) in [6, 6.07) is 0. The van der Waals surface area contributed by atoms with E-state index in [0.717, 1.165) is 30.0 Å². The molecule has 1 aliphatic rings. The molecule has 0 spiro atoms. The van der Waals surface area contributed by atoms with Gasteiger partial charge in [0, 0.05) is 16.2 Å². The molecule has 0 aliphatic carbocycles. The van der Waals surface area contributed by atoms with Crippen molar-refractivity contribution in [3.63, 3.8) is 0 Å². The van der Waals surface area contributed by atoms with Gasteiger partial charge in [-0.3, -0.25) is 0 Å². The number of nitrogens with two attached hydrogens (primary N) is 1. The largest absolute Gasteiger partial charge is 0.390 e. The summed E-state index contributed by atoms with van der Waals surface area (Å²) in [5.74, 6) is 0. The third-order valence-electron chi connectivity index (χ3n) is 2.50. The Kier molecular flexibility index (Phi) is 2.56. The Morgan fingerprint density at radius 1 is 1.64 bits per heavy atom. The fraction of sp³-hybridized carbons (Fsp3) is 0.500. The molecule has 3 N–H and O–H groups in total. The molecule has 1 aliphatic heterocycles. The molecule has 0 bridgehead atoms. The van der Waals surface area contributed by atoms with Crippen LogP contribution in [0.2, 0.25) is 0 Å². The summed E-state index contributed by atoms with van der Waals surface area (Å²) in [6.45, 7) is 3.42. The van der Waals surface area contributed by atoms with E-state index in [1.165, 1.54) is 10.4 Å². The van der Waals surface area contributed by atoms with Gasteiger partial charge in [0.25, 0.3) is 0 Å². The van der Waals surface area contributed by atoms with Gasteiger partial charge in [-0.1, -0.05) is 6.92 Å². The Balaban J connectivity index is 2.47. The molecule has 76 valence electrons. The number of hydrogen-bond acceptors (Lipinski definition) is 4. The standard InChI is InChI=1S/C10H14N2OS/c1-2-7(11)9-6-3-4-13-5-8(6)14-10(9)12/h11H,2-5,12H2,1H3. The maximum Gasteiger partial charge on any atom is 0.0954 e. The van der Waals surface area contributed by atoms with Gasteiger partial charge in [0.15, 0.2) is 0 Å². The summed E-state index contributed by atoms with van der Waals surface area (Å²) < 4.78 is 5.36. The van der Waals surface area contributed by atoms with Gasteiger partial charge in [0.2, 0.25) is 0 Å². The molecule has 0 saturated heterocycles. The van der Waals surface area contributed by atoms with Crippen molar-refractivity contribution in [2.45, 2.75) is 26.4 Å². The van der Waals surface area contributed by atoms with Gasteiger partial charge >= 0.3 is 0 Å². The highest BCUT2D eigenvalue weighted by Crippen LogP contribution is 2.34. The number of anilines is 1. The highest BCUT2D eigenvalue weighted by atomic mass is 32.1. The zero-order chi connectivity index (χ0) is 10.1. The summed E-state index contributed by atoms with van der Waals surface area (Å²) in [6.07, 6.45) is 1.65. The number of rotatable bonds is 2. The summed E-state index contributed by atoms with van der Waals surface area (Å²) in [4.78, 5) is 1.21. The van der Waals surface area contributed by atoms with E-state index in [2.05, 4.69) is 0 Å². The molecule has 3 nitrogen and oxygen atoms in total. The normalized spacial score (nSPS) is 15.2. The molecule has 1 aromatic heterocycles. The number of ether oxygens (including phenoxy) is 1. The quantitative estimate of drug-likeness (QED) is 0.735. The van der Waals surface area contributed by atoms with Crippen LogP contribution in [0.15, 0.2) is 0 Å². The van der Waals surface area contributed by atoms with Crippen LogP contribution < -0.4 is 5.73 Å². The first kappa shape index (κ1) is 9.68. The van der Waals surface area contributed by atoms with E-state index in [1.54, 1.807) is 11.3 Å². The smallest absolute Gasteiger partial charge is 0.0954 e. The molecule has 2 rings (SSSR count). The van der Waals surface area contributed by atoms with Crippen LogP contribution in [0.4, 0.5) is 5.00 Å². The van der Waals surface area contributed by atoms with Crippen LogP contribution in [0.3, 0.4) is 0 Å². The lowest BCUT2D eigenvalue weighted by Gasteiger charge is -2.13. The predicted molar refractivity (Wildman–Crippen MR) is 59.2 cm³/mol. The molecule has 0 atom stereocenters. The van der Waals surface area contributed by atoms with E-state index in [-0.39, 0.29) is 0 Å². The highest BCUT2D eigenvalue weighted by Gasteiger charge is 2.21. The Bertz CT molecular complexity index is 370. The SMILES string of the molecule is CCC(=N)c1c(N)sc2c1CCOC2. The lowest BCUT2D eigenvalue weighted by Crippen LogP contribution is -2.11. The Hall–Kier alpha value is -0.870. The first-order valence-electron chi connectivity index (χ1n) is 4.79. The molecule has 0 unspecified atom stereocenters. The van der Waals surface area contributed by atoms with Crippen molar-refractivity contribution in [2.24, 2.45) is 0 Å². The molecule has 0 radical (unpaired) electrons. The van der Waals surface area contributed by atoms with Gasteiger partial charge in [-0.2, -0.15) is 0 Å². The van der Waals surface area contributed by atoms with Crippen molar-refractivity contribution in [1.82, 2.24) is 0 Å². The highest BCUT2D eigenvalue weighted by molar-refractivity contribution is 7.16. The summed E-state index contributed by atoms with van der Waals surface area (Å²) >= 11 is 1.57. The first-order chi connectivity index (χ1) is 6.74. The molecule has 0 aromatic carbocycles. The van der Waals surface area contributed by atoms with Gasteiger partial charge in [-0.25, -0.2) is 0 Å². The van der Waals surface area contributed by atoms with Gasteiger partial charge < -0.3 is 15.9 Å². The minimum absolute atomic E-state index is 0.655. The third-order valence-corrected chi connectivity index (χ3v) is 3.54. The molecule has 0 saturated carbocycles. The fourth-order valence-electron chi connectivity index (χ4n) is 1.76. The van der Waals surface area contributed by atoms with Crippen molar-refractivity contribution in [3.05, 3.63) is 16.0 Å². The van der Waals surface area contributed by atoms with E-state index in [1.807, 2.05) is 6.92 Å². The minimum atomic E-state index is 0.655. The molecule has 2 heterocycles. The van der Waals surface area contributed by atoms with E-state index < -0.39 is 0 Å². The van der Waals surface area contributed by atoms with E-state index in [0.29, 0.717) is 12.3 Å². The van der Waals surface area contributed by atoms with Gasteiger partial charge in [-0.05, 0) is 18.4 Å². The number of nitrogens with one attached hydrogen (secondary N) is 1. The van der Waals surface area contributed by atoms with E-state index in [9.17, 15) is 0 Å². The molecular weight excluding hydrogens is 196 g/mol. The fourth-order valence-corrected chi connectivity index (χ4v) is 2.84. The number of hydrogen-bond donors (Lipinski definition) is 2. The average Bonchev–Trinajstić information content (AvgIpc) is 2.53. The lowest BCUT2D eigenvalue weighted by molar-refractivity contribution is 0.113. The second kappa shape index (κ2) is 3.71. The van der Waals surface area contributed by atoms with Crippen LogP contribution in [0.5, 0.6) is 0 Å². The van der Waals surface area contributed by atoms with E-state index >= 15 is 0 Å². The maximum absolute atomic E-state index is 7.86. The maximum atomic E-state index is 7.86. The molecule has 14 heavy (non-hydrogen) atoms. The van der Waals surface area contributed by atoms with Crippen LogP contribution >= 0.6 is 11.3 Å². The summed E-state index contributed by atoms with van der Waals surface area (Å²) in [7, 11) is 0. The zero-order valence-corrected chi connectivity index (χ0v) is 9.04. The van der Waals surface area contributed by atoms with Crippen LogP contribution in [0.1, 0.15) is 29.3 Å². The molecule has 0 fully saturated rings. The van der Waals surface area contributed by atoms with Crippen molar-refractivity contribution in [2.75, 3.05) is 12.3 Å². The van der Waals surface area contributed by atoms with Gasteiger partial charge in [0.1, 0.15) is 0 Å². The molecule has 4 heteroatoms. The van der Waals surface area contributed by atoms with Crippen LogP contribution in [0.25, 0.3) is 0 Å². The first-order valence-corrected chi connectivity index (χ1v) is 5.61. The molecule has 1 aromatic rings. The summed E-state index contributed by atoms with van der Waals surface area (Å²) in [5.41, 5.74) is 8.81. The predicted octanol–water partition coefficient (Wildman–Crippen LogP) is 2.18. The van der Waals surface area contributed by atoms with Gasteiger partial charge in [0.05, 0.1) is 18.2 Å². The lowest BCUT2D eigenvalue weighted by atomic mass is 10.0. The Morgan fingerprint density at radius 3 is 3.14 bits per heavy atom. The van der Waals surface area contributed by atoms with Crippen molar-refractivity contribution in [3.8, 4) is 0 Å².